The number of phenols is 1. The van der Waals surface area contributed by atoms with Crippen LogP contribution in [0.15, 0.2) is 42.5 Å². The maximum absolute atomic E-state index is 13.0. The van der Waals surface area contributed by atoms with Gasteiger partial charge in [0.25, 0.3) is 5.91 Å². The average molecular weight is 699 g/mol. The molecule has 0 unspecified atom stereocenters. The second-order valence-corrected chi connectivity index (χ2v) is 14.1. The summed E-state index contributed by atoms with van der Waals surface area (Å²) in [6.45, 7) is 8.29. The molecule has 0 aromatic heterocycles. The number of hydrogen-bond acceptors (Lipinski definition) is 11. The third kappa shape index (κ3) is 8.28. The van der Waals surface area contributed by atoms with Crippen LogP contribution in [0.1, 0.15) is 53.2 Å². The number of carboxylic acid groups (broad SMARTS) is 1. The number of nitrogens with one attached hydrogen (secondary N) is 2. The van der Waals surface area contributed by atoms with Crippen LogP contribution >= 0.6 is 0 Å². The van der Waals surface area contributed by atoms with Crippen molar-refractivity contribution in [3.63, 3.8) is 0 Å². The molecule has 2 aromatic rings. The molecule has 7 atom stereocenters. The van der Waals surface area contributed by atoms with Gasteiger partial charge in [-0.25, -0.2) is 4.79 Å². The van der Waals surface area contributed by atoms with Gasteiger partial charge < -0.3 is 45.6 Å². The minimum atomic E-state index is -1.95. The molecule has 2 amide bonds. The Kier molecular flexibility index (Phi) is 11.8. The van der Waals surface area contributed by atoms with Gasteiger partial charge in [-0.1, -0.05) is 30.3 Å². The molecule has 14 nitrogen and oxygen atoms in total. The van der Waals surface area contributed by atoms with Gasteiger partial charge in [-0.2, -0.15) is 0 Å². The fourth-order valence-electron chi connectivity index (χ4n) is 7.62. The van der Waals surface area contributed by atoms with Crippen LogP contribution in [-0.2, 0) is 25.6 Å². The maximum Gasteiger partial charge on any atom is 0.336 e. The summed E-state index contributed by atoms with van der Waals surface area (Å²) in [5.74, 6) is -2.39. The predicted molar refractivity (Wildman–Crippen MR) is 181 cm³/mol. The second kappa shape index (κ2) is 15.7. The molecule has 1 spiro atoms. The molecule has 3 saturated heterocycles. The summed E-state index contributed by atoms with van der Waals surface area (Å²) in [6, 6.07) is 11.9. The van der Waals surface area contributed by atoms with E-state index in [9.17, 15) is 39.9 Å². The fourth-order valence-corrected chi connectivity index (χ4v) is 7.62. The highest BCUT2D eigenvalue weighted by Crippen LogP contribution is 2.38. The monoisotopic (exact) mass is 698 g/mol. The number of amides is 2. The summed E-state index contributed by atoms with van der Waals surface area (Å²) in [5, 5.41) is 59.4. The van der Waals surface area contributed by atoms with Gasteiger partial charge in [0.1, 0.15) is 18.0 Å². The first-order valence-electron chi connectivity index (χ1n) is 17.1. The van der Waals surface area contributed by atoms with Crippen molar-refractivity contribution < 1.29 is 49.4 Å². The maximum atomic E-state index is 13.0. The Labute approximate surface area is 292 Å². The van der Waals surface area contributed by atoms with Gasteiger partial charge in [0.2, 0.25) is 5.91 Å². The zero-order chi connectivity index (χ0) is 36.2. The number of likely N-dealkylation sites (tertiary alicyclic amines) is 1. The predicted octanol–water partition coefficient (Wildman–Crippen LogP) is 0.306. The standard InChI is InChI=1S/C36H50N4O10/c1-22-15-26(16-23(2)30(22)44)33(46)37-18-28(43)31(45)32-29(38-24(3)41)27(42)17-36(50-32,34(47)48)10-12-40-13-14-49-21-35(40)9-11-39(20-35)19-25-7-5-4-6-8-25/h4-8,15-16,27-29,31-32,42-45H,9-14,17-21H2,1-3H3,(H,37,46)(H,38,41)(H,47,48)/t27-,28+,29+,31+,32+,35-,36+/m0/s1. The number of aromatic hydroxyl groups is 1. The molecule has 3 aliphatic rings. The Balaban J connectivity index is 1.29. The quantitative estimate of drug-likeness (QED) is 0.160. The Morgan fingerprint density at radius 2 is 1.78 bits per heavy atom. The number of phenolic OH excluding ortho intramolecular Hbond substituents is 1. The molecule has 7 N–H and O–H groups in total. The number of carboxylic acids is 1. The zero-order valence-corrected chi connectivity index (χ0v) is 28.9. The van der Waals surface area contributed by atoms with Crippen LogP contribution in [0.25, 0.3) is 0 Å². The number of morpholine rings is 1. The number of aliphatic hydroxyl groups is 3. The number of nitrogens with zero attached hydrogens (tertiary/aromatic N) is 2. The van der Waals surface area contributed by atoms with Crippen molar-refractivity contribution in [1.29, 1.82) is 0 Å². The average Bonchev–Trinajstić information content (AvgIpc) is 3.48. The van der Waals surface area contributed by atoms with Crippen LogP contribution < -0.4 is 10.6 Å². The lowest BCUT2D eigenvalue weighted by Crippen LogP contribution is -2.68. The molecule has 3 fully saturated rings. The number of hydrogen-bond donors (Lipinski definition) is 7. The molecular formula is C36H50N4O10. The number of aliphatic carboxylic acids is 1. The number of carbonyl (C=O) groups is 3. The van der Waals surface area contributed by atoms with Gasteiger partial charge in [0.15, 0.2) is 5.60 Å². The molecule has 0 bridgehead atoms. The van der Waals surface area contributed by atoms with E-state index in [1.165, 1.54) is 24.6 Å². The van der Waals surface area contributed by atoms with Crippen molar-refractivity contribution in [3.8, 4) is 5.75 Å². The largest absolute Gasteiger partial charge is 0.507 e. The van der Waals surface area contributed by atoms with E-state index in [0.29, 0.717) is 37.4 Å². The molecule has 274 valence electrons. The second-order valence-electron chi connectivity index (χ2n) is 14.1. The third-order valence-electron chi connectivity index (χ3n) is 10.4. The summed E-state index contributed by atoms with van der Waals surface area (Å²) < 4.78 is 12.1. The Morgan fingerprint density at radius 3 is 2.44 bits per heavy atom. The van der Waals surface area contributed by atoms with Gasteiger partial charge in [-0.15, -0.1) is 0 Å². The molecule has 50 heavy (non-hydrogen) atoms. The molecule has 2 aromatic carbocycles. The lowest BCUT2D eigenvalue weighted by molar-refractivity contribution is -0.231. The molecule has 3 heterocycles. The van der Waals surface area contributed by atoms with Gasteiger partial charge in [0, 0.05) is 64.6 Å². The van der Waals surface area contributed by atoms with Crippen molar-refractivity contribution in [3.05, 3.63) is 64.7 Å². The van der Waals surface area contributed by atoms with Crippen LogP contribution in [0.2, 0.25) is 0 Å². The lowest BCUT2D eigenvalue weighted by atomic mass is 9.81. The van der Waals surface area contributed by atoms with E-state index >= 15 is 0 Å². The summed E-state index contributed by atoms with van der Waals surface area (Å²) in [5.41, 5.74) is 0.129. The highest BCUT2D eigenvalue weighted by Gasteiger charge is 2.55. The third-order valence-corrected chi connectivity index (χ3v) is 10.4. The normalized spacial score (nSPS) is 28.6. The fraction of sp³-hybridized carbons (Fsp3) is 0.583. The molecule has 0 aliphatic carbocycles. The van der Waals surface area contributed by atoms with Gasteiger partial charge in [0.05, 0.1) is 37.0 Å². The number of aryl methyl sites for hydroxylation is 2. The van der Waals surface area contributed by atoms with E-state index in [1.54, 1.807) is 13.8 Å². The van der Waals surface area contributed by atoms with Crippen molar-refractivity contribution >= 4 is 17.8 Å². The van der Waals surface area contributed by atoms with E-state index in [0.717, 1.165) is 26.1 Å². The minimum Gasteiger partial charge on any atom is -0.507 e. The molecule has 14 heteroatoms. The van der Waals surface area contributed by atoms with E-state index in [1.807, 2.05) is 18.2 Å². The van der Waals surface area contributed by atoms with Crippen LogP contribution in [0.3, 0.4) is 0 Å². The number of aliphatic hydroxyl groups excluding tert-OH is 3. The Morgan fingerprint density at radius 1 is 1.08 bits per heavy atom. The number of rotatable bonds is 12. The SMILES string of the molecule is CC(=O)N[C@H]1[C@H]([C@H](O)[C@H](O)CNC(=O)c2cc(C)c(O)c(C)c2)O[C@@](CCN2CCOC[C@@]23CCN(Cc2ccccc2)C3)(C(=O)O)C[C@@H]1O. The number of carbonyl (C=O) groups excluding carboxylic acids is 2. The van der Waals surface area contributed by atoms with Gasteiger partial charge in [-0.05, 0) is 49.1 Å². The van der Waals surface area contributed by atoms with Gasteiger partial charge >= 0.3 is 5.97 Å². The van der Waals surface area contributed by atoms with Crippen molar-refractivity contribution in [1.82, 2.24) is 20.4 Å². The van der Waals surface area contributed by atoms with Crippen LogP contribution in [-0.4, -0.2) is 141 Å². The van der Waals surface area contributed by atoms with Crippen LogP contribution in [0.4, 0.5) is 0 Å². The smallest absolute Gasteiger partial charge is 0.336 e. The summed E-state index contributed by atoms with van der Waals surface area (Å²) in [7, 11) is 0. The molecule has 0 saturated carbocycles. The van der Waals surface area contributed by atoms with Crippen molar-refractivity contribution in [2.24, 2.45) is 0 Å². The minimum absolute atomic E-state index is 0.0395. The van der Waals surface area contributed by atoms with Crippen LogP contribution in [0.5, 0.6) is 5.75 Å². The highest BCUT2D eigenvalue weighted by molar-refractivity contribution is 5.94. The molecule has 5 rings (SSSR count). The van der Waals surface area contributed by atoms with E-state index < -0.39 is 60.4 Å². The first kappa shape index (κ1) is 37.6. The first-order valence-corrected chi connectivity index (χ1v) is 17.1. The van der Waals surface area contributed by atoms with Crippen LogP contribution in [0, 0.1) is 13.8 Å². The topological polar surface area (TPSA) is 201 Å². The number of ether oxygens (including phenoxy) is 2. The lowest BCUT2D eigenvalue weighted by Gasteiger charge is -2.49. The summed E-state index contributed by atoms with van der Waals surface area (Å²) in [6.07, 6.45) is -6.00. The van der Waals surface area contributed by atoms with E-state index in [-0.39, 0.29) is 29.7 Å². The van der Waals surface area contributed by atoms with E-state index in [4.69, 9.17) is 9.47 Å². The zero-order valence-electron chi connectivity index (χ0n) is 28.9. The van der Waals surface area contributed by atoms with Crippen molar-refractivity contribution in [2.45, 2.75) is 88.2 Å². The summed E-state index contributed by atoms with van der Waals surface area (Å²) >= 11 is 0. The summed E-state index contributed by atoms with van der Waals surface area (Å²) in [4.78, 5) is 42.6. The number of benzene rings is 2. The molecular weight excluding hydrogens is 648 g/mol. The highest BCUT2D eigenvalue weighted by atomic mass is 16.6. The first-order chi connectivity index (χ1) is 23.7. The molecule has 3 aliphatic heterocycles. The van der Waals surface area contributed by atoms with E-state index in [2.05, 4.69) is 32.6 Å². The van der Waals surface area contributed by atoms with Gasteiger partial charge in [-0.3, -0.25) is 19.4 Å². The Hall–Kier alpha value is -3.63. The van der Waals surface area contributed by atoms with Crippen molar-refractivity contribution in [2.75, 3.05) is 45.9 Å². The Bertz CT molecular complexity index is 1500. The molecule has 0 radical (unpaired) electrons.